The average Bonchev–Trinajstić information content (AvgIpc) is 2.76. The van der Waals surface area contributed by atoms with Crippen LogP contribution in [0.5, 0.6) is 0 Å². The minimum absolute atomic E-state index is 0. The van der Waals surface area contributed by atoms with Crippen molar-refractivity contribution in [3.8, 4) is 0 Å². The van der Waals surface area contributed by atoms with E-state index in [9.17, 15) is 0 Å². The van der Waals surface area contributed by atoms with E-state index in [0.29, 0.717) is 0 Å². The standard InChI is InChI=1S/C8H9.C5H5.Cr/c1-3-8-5-4-7(2)6-8;1-2-4-5-3-1;/h3-6H,1H2,2H3;1-5H;/q2*-1;+2. The van der Waals surface area contributed by atoms with Crippen LogP contribution in [0.3, 0.4) is 0 Å². The topological polar surface area (TPSA) is 0 Å². The van der Waals surface area contributed by atoms with Crippen molar-refractivity contribution in [3.63, 3.8) is 0 Å². The molecule has 0 fully saturated rings. The van der Waals surface area contributed by atoms with E-state index in [0.717, 1.165) is 0 Å². The molecule has 0 N–H and O–H groups in total. The fraction of sp³-hybridized carbons (Fsp3) is 0.0769. The molecule has 14 heavy (non-hydrogen) atoms. The molecule has 0 aliphatic rings. The predicted molar refractivity (Wildman–Crippen MR) is 58.9 cm³/mol. The van der Waals surface area contributed by atoms with Gasteiger partial charge in [0.25, 0.3) is 0 Å². The molecule has 0 spiro atoms. The fourth-order valence-corrected chi connectivity index (χ4v) is 1.03. The molecule has 0 aliphatic carbocycles. The van der Waals surface area contributed by atoms with Gasteiger partial charge in [0.1, 0.15) is 0 Å². The van der Waals surface area contributed by atoms with Crippen LogP contribution in [0.25, 0.3) is 6.08 Å². The van der Waals surface area contributed by atoms with Crippen LogP contribution in [0.2, 0.25) is 0 Å². The third-order valence-corrected chi connectivity index (χ3v) is 1.72. The first-order valence-electron chi connectivity index (χ1n) is 4.35. The summed E-state index contributed by atoms with van der Waals surface area (Å²) in [4.78, 5) is 0. The predicted octanol–water partition coefficient (Wildman–Crippen LogP) is 3.76. The maximum Gasteiger partial charge on any atom is 2.00 e. The molecule has 0 aliphatic heterocycles. The summed E-state index contributed by atoms with van der Waals surface area (Å²) in [5.74, 6) is 0. The molecule has 0 saturated heterocycles. The van der Waals surface area contributed by atoms with Gasteiger partial charge in [-0.1, -0.05) is 6.92 Å². The van der Waals surface area contributed by atoms with Crippen molar-refractivity contribution in [2.24, 2.45) is 0 Å². The molecule has 0 bridgehead atoms. The Balaban J connectivity index is 0.000000246. The van der Waals surface area contributed by atoms with Crippen molar-refractivity contribution in [1.29, 1.82) is 0 Å². The van der Waals surface area contributed by atoms with Crippen LogP contribution in [0, 0.1) is 6.92 Å². The minimum atomic E-state index is 0. The van der Waals surface area contributed by atoms with Crippen molar-refractivity contribution in [1.82, 2.24) is 0 Å². The summed E-state index contributed by atoms with van der Waals surface area (Å²) in [6.45, 7) is 5.72. The van der Waals surface area contributed by atoms with Gasteiger partial charge in [0.15, 0.2) is 0 Å². The molecule has 72 valence electrons. The first-order valence-corrected chi connectivity index (χ1v) is 4.35. The monoisotopic (exact) mass is 222 g/mol. The molecule has 1 heteroatoms. The summed E-state index contributed by atoms with van der Waals surface area (Å²) in [6, 6.07) is 16.2. The Morgan fingerprint density at radius 2 is 1.93 bits per heavy atom. The molecule has 0 amide bonds. The van der Waals surface area contributed by atoms with Gasteiger partial charge in [-0.25, -0.2) is 18.2 Å². The van der Waals surface area contributed by atoms with Crippen LogP contribution in [0.15, 0.2) is 55.1 Å². The smallest absolute Gasteiger partial charge is 0.214 e. The van der Waals surface area contributed by atoms with Gasteiger partial charge in [0.05, 0.1) is 0 Å². The molecule has 0 heterocycles. The minimum Gasteiger partial charge on any atom is -0.214 e. The van der Waals surface area contributed by atoms with Crippen molar-refractivity contribution < 1.29 is 17.4 Å². The Hall–Kier alpha value is -1.03. The van der Waals surface area contributed by atoms with Crippen LogP contribution in [0.1, 0.15) is 11.1 Å². The Morgan fingerprint density at radius 1 is 1.29 bits per heavy atom. The second-order valence-electron chi connectivity index (χ2n) is 2.89. The van der Waals surface area contributed by atoms with Crippen molar-refractivity contribution in [3.05, 3.63) is 66.2 Å². The average molecular weight is 222 g/mol. The van der Waals surface area contributed by atoms with Crippen LogP contribution in [-0.2, 0) is 17.4 Å². The van der Waals surface area contributed by atoms with Crippen molar-refractivity contribution in [2.45, 2.75) is 6.92 Å². The van der Waals surface area contributed by atoms with Gasteiger partial charge in [-0.05, 0) is 0 Å². The second-order valence-corrected chi connectivity index (χ2v) is 2.89. The van der Waals surface area contributed by atoms with E-state index in [1.54, 1.807) is 0 Å². The quantitative estimate of drug-likeness (QED) is 0.644. The van der Waals surface area contributed by atoms with Crippen LogP contribution in [-0.4, -0.2) is 0 Å². The molecule has 0 radical (unpaired) electrons. The van der Waals surface area contributed by atoms with Gasteiger partial charge in [0.2, 0.25) is 0 Å². The molecular weight excluding hydrogens is 208 g/mol. The maximum absolute atomic E-state index is 3.64. The molecule has 2 rings (SSSR count). The molecule has 0 nitrogen and oxygen atoms in total. The van der Waals surface area contributed by atoms with Crippen LogP contribution >= 0.6 is 0 Å². The van der Waals surface area contributed by atoms with E-state index in [2.05, 4.69) is 31.7 Å². The van der Waals surface area contributed by atoms with Crippen LogP contribution < -0.4 is 0 Å². The van der Waals surface area contributed by atoms with Gasteiger partial charge < -0.3 is 0 Å². The second kappa shape index (κ2) is 7.38. The zero-order chi connectivity index (χ0) is 9.52. The third-order valence-electron chi connectivity index (χ3n) is 1.72. The van der Waals surface area contributed by atoms with E-state index in [1.165, 1.54) is 11.1 Å². The van der Waals surface area contributed by atoms with Crippen molar-refractivity contribution in [2.75, 3.05) is 0 Å². The van der Waals surface area contributed by atoms with Gasteiger partial charge in [-0.15, -0.1) is 12.7 Å². The first kappa shape index (κ1) is 13.0. The summed E-state index contributed by atoms with van der Waals surface area (Å²) in [7, 11) is 0. The Morgan fingerprint density at radius 3 is 2.14 bits per heavy atom. The maximum atomic E-state index is 3.64. The number of hydrogen-bond acceptors (Lipinski definition) is 0. The zero-order valence-electron chi connectivity index (χ0n) is 8.31. The molecule has 0 unspecified atom stereocenters. The summed E-state index contributed by atoms with van der Waals surface area (Å²) < 4.78 is 0. The summed E-state index contributed by atoms with van der Waals surface area (Å²) >= 11 is 0. The summed E-state index contributed by atoms with van der Waals surface area (Å²) in [6.07, 6.45) is 1.85. The Bertz CT molecular complexity index is 311. The number of hydrogen-bond donors (Lipinski definition) is 0. The molecule has 2 aromatic carbocycles. The van der Waals surface area contributed by atoms with Gasteiger partial charge in [0, 0.05) is 0 Å². The van der Waals surface area contributed by atoms with Crippen LogP contribution in [0.4, 0.5) is 0 Å². The Kier molecular flexibility index (Phi) is 6.84. The number of rotatable bonds is 1. The number of aryl methyl sites for hydroxylation is 1. The third kappa shape index (κ3) is 4.87. The largest absolute Gasteiger partial charge is 2.00 e. The summed E-state index contributed by atoms with van der Waals surface area (Å²) in [5, 5.41) is 0. The first-order chi connectivity index (χ1) is 6.33. The van der Waals surface area contributed by atoms with E-state index in [-0.39, 0.29) is 17.4 Å². The van der Waals surface area contributed by atoms with E-state index < -0.39 is 0 Å². The van der Waals surface area contributed by atoms with Gasteiger partial charge in [-0.3, -0.25) is 0 Å². The molecular formula is C13H14Cr. The normalized spacial score (nSPS) is 8.07. The molecule has 0 aromatic heterocycles. The van der Waals surface area contributed by atoms with Gasteiger partial charge in [-0.2, -0.15) is 41.5 Å². The fourth-order valence-electron chi connectivity index (χ4n) is 1.03. The van der Waals surface area contributed by atoms with E-state index >= 15 is 0 Å². The molecule has 0 atom stereocenters. The zero-order valence-corrected chi connectivity index (χ0v) is 9.59. The van der Waals surface area contributed by atoms with Crippen molar-refractivity contribution >= 4 is 6.08 Å². The SMILES string of the molecule is C=Cc1c[cH-]c(C)c1.[Cr+2].c1cc[cH-]c1. The van der Waals surface area contributed by atoms with Gasteiger partial charge >= 0.3 is 17.4 Å². The Labute approximate surface area is 96.8 Å². The van der Waals surface area contributed by atoms with E-state index in [4.69, 9.17) is 0 Å². The summed E-state index contributed by atoms with van der Waals surface area (Å²) in [5.41, 5.74) is 2.52. The molecule has 2 aromatic rings. The van der Waals surface area contributed by atoms with E-state index in [1.807, 2.05) is 36.4 Å². The molecule has 0 saturated carbocycles.